The van der Waals surface area contributed by atoms with Gasteiger partial charge in [0.2, 0.25) is 11.6 Å². The summed E-state index contributed by atoms with van der Waals surface area (Å²) in [5, 5.41) is 23.3. The highest BCUT2D eigenvalue weighted by Crippen LogP contribution is 2.39. The summed E-state index contributed by atoms with van der Waals surface area (Å²) in [6, 6.07) is 15.6. The van der Waals surface area contributed by atoms with Crippen molar-refractivity contribution in [2.24, 2.45) is 0 Å². The van der Waals surface area contributed by atoms with Crippen LogP contribution in [0.5, 0.6) is 11.5 Å². The molecule has 8 rings (SSSR count). The van der Waals surface area contributed by atoms with Gasteiger partial charge in [-0.15, -0.1) is 0 Å². The Kier molecular flexibility index (Phi) is 17.1. The lowest BCUT2D eigenvalue weighted by atomic mass is 10.2. The number of nitrogens with zero attached hydrogens (tertiary/aromatic N) is 8. The fourth-order valence-corrected chi connectivity index (χ4v) is 7.39. The predicted octanol–water partition coefficient (Wildman–Crippen LogP) is 10.4. The van der Waals surface area contributed by atoms with E-state index in [2.05, 4.69) is 84.1 Å². The quantitative estimate of drug-likeness (QED) is 0.0386. The number of fused-ring (bicyclic) bond motifs is 2. The summed E-state index contributed by atoms with van der Waals surface area (Å²) in [5.74, 6) is -4.25. The number of alkyl halides is 4. The molecule has 6 heterocycles. The van der Waals surface area contributed by atoms with Crippen LogP contribution in [-0.2, 0) is 17.6 Å². The van der Waals surface area contributed by atoms with E-state index < -0.39 is 62.4 Å². The second-order valence-corrected chi connectivity index (χ2v) is 21.5. The molecule has 0 aliphatic carbocycles. The van der Waals surface area contributed by atoms with E-state index >= 15 is 0 Å². The monoisotopic (exact) mass is 1040 g/mol. The smallest absolute Gasteiger partial charge is 0.387 e. The summed E-state index contributed by atoms with van der Waals surface area (Å²) in [4.78, 5) is 16.5. The number of hydrogen-bond acceptors (Lipinski definition) is 14. The number of ether oxygens (including phenoxy) is 2. The average molecular weight is 1040 g/mol. The van der Waals surface area contributed by atoms with Crippen LogP contribution in [0.4, 0.5) is 64.0 Å². The molecule has 0 aliphatic heterocycles. The van der Waals surface area contributed by atoms with Gasteiger partial charge in [0.1, 0.15) is 23.1 Å². The van der Waals surface area contributed by atoms with E-state index in [1.807, 2.05) is 0 Å². The van der Waals surface area contributed by atoms with Crippen molar-refractivity contribution in [1.29, 1.82) is 0 Å². The minimum absolute atomic E-state index is 0. The summed E-state index contributed by atoms with van der Waals surface area (Å²) < 4.78 is 125. The SMILES string of the molecule is CC(C)(C)[Si](C)(C)OCc1nn2ccc(F)cc2c1-c1nc(Cl)c(F)c(Nc2ccc(OC(F)F)cc2)n1.N.Nc1nc(-c2c(CO)nn3ccc(F)cc23)nc(Nc2ccc(OC(F)F)cc2)c1F.O. The Morgan fingerprint density at radius 1 is 0.690 bits per heavy atom. The van der Waals surface area contributed by atoms with Gasteiger partial charge in [0, 0.05) is 35.9 Å². The van der Waals surface area contributed by atoms with Crippen LogP contribution in [0, 0.1) is 23.3 Å². The maximum atomic E-state index is 14.9. The van der Waals surface area contributed by atoms with E-state index in [1.54, 1.807) is 0 Å². The van der Waals surface area contributed by atoms with Crippen molar-refractivity contribution >= 4 is 59.8 Å². The Balaban J connectivity index is 0.000000262. The zero-order valence-electron chi connectivity index (χ0n) is 38.1. The first-order chi connectivity index (χ1) is 32.6. The fourth-order valence-electron chi connectivity index (χ4n) is 6.29. The molecule has 71 heavy (non-hydrogen) atoms. The van der Waals surface area contributed by atoms with E-state index in [1.165, 1.54) is 94.2 Å². The molecule has 0 amide bonds. The van der Waals surface area contributed by atoms with Gasteiger partial charge in [-0.3, -0.25) is 0 Å². The van der Waals surface area contributed by atoms with Crippen LogP contribution in [0.3, 0.4) is 0 Å². The zero-order valence-corrected chi connectivity index (χ0v) is 39.8. The van der Waals surface area contributed by atoms with Gasteiger partial charge in [-0.2, -0.15) is 36.5 Å². The molecule has 0 bridgehead atoms. The number of halogens is 9. The van der Waals surface area contributed by atoms with Gasteiger partial charge >= 0.3 is 13.2 Å². The highest BCUT2D eigenvalue weighted by molar-refractivity contribution is 6.74. The second-order valence-electron chi connectivity index (χ2n) is 16.4. The Morgan fingerprint density at radius 2 is 1.13 bits per heavy atom. The van der Waals surface area contributed by atoms with Gasteiger partial charge in [-0.25, -0.2) is 37.7 Å². The molecule has 0 aliphatic rings. The molecule has 10 N–H and O–H groups in total. The number of nitrogens with two attached hydrogens (primary N) is 1. The number of nitrogen functional groups attached to an aromatic ring is 1. The van der Waals surface area contributed by atoms with Crippen molar-refractivity contribution in [3.63, 3.8) is 0 Å². The third-order valence-electron chi connectivity index (χ3n) is 10.7. The summed E-state index contributed by atoms with van der Waals surface area (Å²) in [5.41, 5.74) is 8.01. The van der Waals surface area contributed by atoms with Crippen LogP contribution in [0.2, 0.25) is 23.3 Å². The van der Waals surface area contributed by atoms with E-state index in [4.69, 9.17) is 21.8 Å². The van der Waals surface area contributed by atoms with Gasteiger partial charge in [0.25, 0.3) is 0 Å². The molecule has 0 saturated heterocycles. The normalized spacial score (nSPS) is 11.6. The molecule has 0 unspecified atom stereocenters. The number of pyridine rings is 2. The maximum Gasteiger partial charge on any atom is 0.387 e. The topological polar surface area (TPSA) is 251 Å². The number of anilines is 5. The molecule has 2 aromatic carbocycles. The minimum atomic E-state index is -2.98. The number of aromatic nitrogens is 8. The first-order valence-electron chi connectivity index (χ1n) is 20.4. The molecule has 0 spiro atoms. The van der Waals surface area contributed by atoms with Crippen molar-refractivity contribution < 1.29 is 59.6 Å². The molecular formula is C44H45ClF8N12O5Si. The van der Waals surface area contributed by atoms with E-state index in [9.17, 15) is 40.2 Å². The molecule has 0 saturated carbocycles. The fraction of sp³-hybridized carbons (Fsp3) is 0.227. The Labute approximate surface area is 404 Å². The molecule has 0 atom stereocenters. The molecule has 6 aromatic heterocycles. The lowest BCUT2D eigenvalue weighted by molar-refractivity contribution is -0.0505. The van der Waals surface area contributed by atoms with E-state index in [-0.39, 0.29) is 74.8 Å². The van der Waals surface area contributed by atoms with E-state index in [0.29, 0.717) is 28.1 Å². The molecule has 0 radical (unpaired) electrons. The van der Waals surface area contributed by atoms with Gasteiger partial charge in [-0.1, -0.05) is 32.4 Å². The molecule has 8 aromatic rings. The Bertz CT molecular complexity index is 3130. The van der Waals surface area contributed by atoms with Crippen LogP contribution in [0.15, 0.2) is 85.2 Å². The number of aliphatic hydroxyl groups excluding tert-OH is 1. The summed E-state index contributed by atoms with van der Waals surface area (Å²) in [6.45, 7) is 4.14. The van der Waals surface area contributed by atoms with Gasteiger partial charge < -0.3 is 47.0 Å². The number of nitrogens with one attached hydrogen (secondary N) is 2. The van der Waals surface area contributed by atoms with Crippen molar-refractivity contribution in [3.05, 3.63) is 125 Å². The average Bonchev–Trinajstić information content (AvgIpc) is 3.84. The molecular weight excluding hydrogens is 992 g/mol. The van der Waals surface area contributed by atoms with Crippen molar-refractivity contribution in [3.8, 4) is 34.3 Å². The van der Waals surface area contributed by atoms with Gasteiger partial charge in [0.05, 0.1) is 46.8 Å². The summed E-state index contributed by atoms with van der Waals surface area (Å²) in [7, 11) is -2.19. The van der Waals surface area contributed by atoms with Gasteiger partial charge in [0.15, 0.2) is 42.6 Å². The highest BCUT2D eigenvalue weighted by atomic mass is 35.5. The lowest BCUT2D eigenvalue weighted by Gasteiger charge is -2.35. The van der Waals surface area contributed by atoms with Crippen molar-refractivity contribution in [2.75, 3.05) is 16.4 Å². The van der Waals surface area contributed by atoms with Crippen molar-refractivity contribution in [2.45, 2.75) is 65.3 Å². The maximum absolute atomic E-state index is 14.9. The number of hydrogen-bond donors (Lipinski definition) is 5. The van der Waals surface area contributed by atoms with Gasteiger partial charge in [-0.05, 0) is 78.8 Å². The van der Waals surface area contributed by atoms with Crippen LogP contribution in [-0.4, -0.2) is 71.3 Å². The predicted molar refractivity (Wildman–Crippen MR) is 251 cm³/mol. The van der Waals surface area contributed by atoms with Crippen LogP contribution in [0.1, 0.15) is 32.2 Å². The zero-order chi connectivity index (χ0) is 49.9. The summed E-state index contributed by atoms with van der Waals surface area (Å²) in [6.07, 6.45) is 2.81. The third kappa shape index (κ3) is 12.6. The highest BCUT2D eigenvalue weighted by Gasteiger charge is 2.38. The largest absolute Gasteiger partial charge is 0.435 e. The van der Waals surface area contributed by atoms with Crippen LogP contribution >= 0.6 is 11.6 Å². The van der Waals surface area contributed by atoms with Crippen molar-refractivity contribution in [1.82, 2.24) is 45.3 Å². The van der Waals surface area contributed by atoms with E-state index in [0.717, 1.165) is 0 Å². The Hall–Kier alpha value is -7.23. The van der Waals surface area contributed by atoms with Crippen LogP contribution < -0.4 is 32.0 Å². The number of rotatable bonds is 14. The first-order valence-corrected chi connectivity index (χ1v) is 23.7. The minimum Gasteiger partial charge on any atom is -0.435 e. The standard InChI is InChI=1S/C25H26ClF4N5O2Si.C19H14F4N6O2.H3N.H2O/c1-25(2,3)38(4,5)36-13-17-19(18-12-14(27)10-11-35(18)34-17)22-32-21(26)20(28)23(33-22)31-15-6-8-16(9-7-15)37-24(29)30;20-9-5-6-29-13(7-9)14(12(8-30)28-29)17-26-16(24)15(21)18(27-17)25-10-1-3-11(4-2-10)31-19(22)23;;/h6-12,24H,13H2,1-5H3,(H,31,32,33);1-7,19,30H,8H2,(H3,24,25,26,27);1H3;1H2. The lowest BCUT2D eigenvalue weighted by Crippen LogP contribution is -2.40. The van der Waals surface area contributed by atoms with Crippen LogP contribution in [0.25, 0.3) is 33.8 Å². The molecule has 0 fully saturated rings. The second kappa shape index (κ2) is 22.2. The molecule has 378 valence electrons. The number of benzene rings is 2. The molecule has 27 heteroatoms. The third-order valence-corrected chi connectivity index (χ3v) is 15.4. The number of aliphatic hydroxyl groups is 1. The Morgan fingerprint density at radius 3 is 1.58 bits per heavy atom. The first kappa shape index (κ1) is 54.7. The molecule has 17 nitrogen and oxygen atoms in total. The summed E-state index contributed by atoms with van der Waals surface area (Å²) >= 11 is 6.13.